The second-order valence-corrected chi connectivity index (χ2v) is 5.92. The summed E-state index contributed by atoms with van der Waals surface area (Å²) in [6.45, 7) is 3.76. The molecule has 0 fully saturated rings. The zero-order valence-electron chi connectivity index (χ0n) is 11.5. The fourth-order valence-corrected chi connectivity index (χ4v) is 2.70. The minimum absolute atomic E-state index is 0.00301. The molecule has 4 heteroatoms. The van der Waals surface area contributed by atoms with Crippen LogP contribution < -0.4 is 0 Å². The monoisotopic (exact) mass is 346 g/mol. The van der Waals surface area contributed by atoms with Gasteiger partial charge in [-0.2, -0.15) is 0 Å². The number of benzene rings is 2. The van der Waals surface area contributed by atoms with Gasteiger partial charge in [0.15, 0.2) is 5.76 Å². The fourth-order valence-electron chi connectivity index (χ4n) is 2.34. The largest absolute Gasteiger partial charge is 0.452 e. The molecule has 0 radical (unpaired) electrons. The molecule has 1 heterocycles. The molecule has 3 rings (SSSR count). The number of fused-ring (bicyclic) bond motifs is 1. The zero-order chi connectivity index (χ0) is 15.1. The predicted molar refractivity (Wildman–Crippen MR) is 83.2 cm³/mol. The highest BCUT2D eigenvalue weighted by molar-refractivity contribution is 9.10. The first kappa shape index (κ1) is 14.0. The van der Waals surface area contributed by atoms with Gasteiger partial charge >= 0.3 is 0 Å². The van der Waals surface area contributed by atoms with Crippen molar-refractivity contribution in [1.29, 1.82) is 0 Å². The van der Waals surface area contributed by atoms with Crippen LogP contribution in [0.3, 0.4) is 0 Å². The van der Waals surface area contributed by atoms with Crippen molar-refractivity contribution >= 4 is 32.7 Å². The van der Waals surface area contributed by atoms with Crippen LogP contribution in [0, 0.1) is 19.7 Å². The highest BCUT2D eigenvalue weighted by atomic mass is 79.9. The van der Waals surface area contributed by atoms with Crippen LogP contribution in [0.2, 0.25) is 0 Å². The molecule has 0 unspecified atom stereocenters. The van der Waals surface area contributed by atoms with Gasteiger partial charge in [-0.15, -0.1) is 0 Å². The Morgan fingerprint density at radius 2 is 1.90 bits per heavy atom. The molecule has 3 aromatic rings. The summed E-state index contributed by atoms with van der Waals surface area (Å²) in [5, 5.41) is 0.874. The maximum absolute atomic E-state index is 13.9. The lowest BCUT2D eigenvalue weighted by molar-refractivity contribution is 0.101. The summed E-state index contributed by atoms with van der Waals surface area (Å²) in [6.07, 6.45) is 0. The van der Waals surface area contributed by atoms with Gasteiger partial charge in [0, 0.05) is 15.4 Å². The molecule has 0 bridgehead atoms. The summed E-state index contributed by atoms with van der Waals surface area (Å²) in [6, 6.07) is 10.0. The zero-order valence-corrected chi connectivity index (χ0v) is 13.1. The van der Waals surface area contributed by atoms with Gasteiger partial charge in [0.2, 0.25) is 5.78 Å². The van der Waals surface area contributed by atoms with Gasteiger partial charge in [-0.05, 0) is 43.7 Å². The number of carbonyl (C=O) groups is 1. The van der Waals surface area contributed by atoms with Crippen LogP contribution in [-0.2, 0) is 0 Å². The van der Waals surface area contributed by atoms with E-state index in [2.05, 4.69) is 15.9 Å². The molecule has 0 spiro atoms. The fraction of sp³-hybridized carbons (Fsp3) is 0.118. The maximum Gasteiger partial charge on any atom is 0.231 e. The predicted octanol–water partition coefficient (Wildman–Crippen LogP) is 5.18. The molecule has 0 aliphatic heterocycles. The quantitative estimate of drug-likeness (QED) is 0.598. The minimum Gasteiger partial charge on any atom is -0.452 e. The number of hydrogen-bond acceptors (Lipinski definition) is 2. The third-order valence-electron chi connectivity index (χ3n) is 3.47. The molecule has 0 aliphatic rings. The van der Waals surface area contributed by atoms with E-state index < -0.39 is 11.6 Å². The molecule has 2 aromatic carbocycles. The third kappa shape index (κ3) is 2.40. The summed E-state index contributed by atoms with van der Waals surface area (Å²) in [4.78, 5) is 12.5. The maximum atomic E-state index is 13.9. The van der Waals surface area contributed by atoms with E-state index in [1.807, 2.05) is 32.0 Å². The van der Waals surface area contributed by atoms with Crippen molar-refractivity contribution in [2.24, 2.45) is 0 Å². The molecule has 0 saturated heterocycles. The van der Waals surface area contributed by atoms with Gasteiger partial charge in [-0.1, -0.05) is 28.1 Å². The van der Waals surface area contributed by atoms with E-state index in [4.69, 9.17) is 4.42 Å². The molecule has 0 amide bonds. The Labute approximate surface area is 129 Å². The Bertz CT molecular complexity index is 865. The Kier molecular flexibility index (Phi) is 3.41. The van der Waals surface area contributed by atoms with Gasteiger partial charge in [-0.25, -0.2) is 4.39 Å². The number of aryl methyl sites for hydroxylation is 2. The lowest BCUT2D eigenvalue weighted by Gasteiger charge is -2.02. The smallest absolute Gasteiger partial charge is 0.231 e. The summed E-state index contributed by atoms with van der Waals surface area (Å²) < 4.78 is 20.2. The molecule has 0 aliphatic carbocycles. The van der Waals surface area contributed by atoms with Gasteiger partial charge in [-0.3, -0.25) is 4.79 Å². The van der Waals surface area contributed by atoms with Crippen molar-refractivity contribution in [2.75, 3.05) is 0 Å². The van der Waals surface area contributed by atoms with Crippen molar-refractivity contribution in [3.8, 4) is 0 Å². The topological polar surface area (TPSA) is 30.2 Å². The van der Waals surface area contributed by atoms with E-state index >= 15 is 0 Å². The lowest BCUT2D eigenvalue weighted by atomic mass is 10.0. The molecule has 0 N–H and O–H groups in total. The van der Waals surface area contributed by atoms with E-state index in [1.165, 1.54) is 12.1 Å². The highest BCUT2D eigenvalue weighted by Crippen LogP contribution is 2.29. The van der Waals surface area contributed by atoms with Gasteiger partial charge in [0.1, 0.15) is 11.4 Å². The van der Waals surface area contributed by atoms with Crippen molar-refractivity contribution < 1.29 is 13.6 Å². The summed E-state index contributed by atoms with van der Waals surface area (Å²) in [5.74, 6) is -0.813. The van der Waals surface area contributed by atoms with Crippen LogP contribution in [0.4, 0.5) is 4.39 Å². The number of halogens is 2. The van der Waals surface area contributed by atoms with Crippen molar-refractivity contribution in [1.82, 2.24) is 0 Å². The van der Waals surface area contributed by atoms with E-state index in [0.717, 1.165) is 16.5 Å². The van der Waals surface area contributed by atoms with Gasteiger partial charge in [0.05, 0.1) is 5.56 Å². The summed E-state index contributed by atoms with van der Waals surface area (Å²) >= 11 is 3.25. The van der Waals surface area contributed by atoms with Crippen LogP contribution in [0.25, 0.3) is 11.0 Å². The normalized spacial score (nSPS) is 11.0. The number of rotatable bonds is 2. The first-order valence-electron chi connectivity index (χ1n) is 6.47. The molecule has 0 atom stereocenters. The summed E-state index contributed by atoms with van der Waals surface area (Å²) in [7, 11) is 0. The Balaban J connectivity index is 2.18. The minimum atomic E-state index is -0.556. The Morgan fingerprint density at radius 3 is 2.67 bits per heavy atom. The van der Waals surface area contributed by atoms with Crippen molar-refractivity contribution in [3.05, 3.63) is 69.1 Å². The van der Waals surface area contributed by atoms with Crippen LogP contribution >= 0.6 is 15.9 Å². The molecular formula is C17H12BrFO2. The average Bonchev–Trinajstić information content (AvgIpc) is 2.77. The SMILES string of the molecule is Cc1ccc2c(C)c(C(=O)c3cc(Br)ccc3F)oc2c1. The van der Waals surface area contributed by atoms with Gasteiger partial charge in [0.25, 0.3) is 0 Å². The third-order valence-corrected chi connectivity index (χ3v) is 3.97. The molecule has 21 heavy (non-hydrogen) atoms. The van der Waals surface area contributed by atoms with Gasteiger partial charge < -0.3 is 4.42 Å². The standard InChI is InChI=1S/C17H12BrFO2/c1-9-3-5-12-10(2)17(21-15(12)7-9)16(20)13-8-11(18)4-6-14(13)19/h3-8H,1-2H3. The lowest BCUT2D eigenvalue weighted by Crippen LogP contribution is -2.04. The van der Waals surface area contributed by atoms with Crippen LogP contribution in [0.5, 0.6) is 0 Å². The van der Waals surface area contributed by atoms with E-state index in [1.54, 1.807) is 6.07 Å². The summed E-state index contributed by atoms with van der Waals surface area (Å²) in [5.41, 5.74) is 2.42. The number of furan rings is 1. The number of hydrogen-bond donors (Lipinski definition) is 0. The second-order valence-electron chi connectivity index (χ2n) is 5.01. The first-order valence-corrected chi connectivity index (χ1v) is 7.26. The second kappa shape index (κ2) is 5.11. The molecular weight excluding hydrogens is 335 g/mol. The van der Waals surface area contributed by atoms with E-state index in [0.29, 0.717) is 10.1 Å². The Morgan fingerprint density at radius 1 is 1.14 bits per heavy atom. The average molecular weight is 347 g/mol. The van der Waals surface area contributed by atoms with Crippen molar-refractivity contribution in [2.45, 2.75) is 13.8 Å². The highest BCUT2D eigenvalue weighted by Gasteiger charge is 2.22. The Hall–Kier alpha value is -1.94. The molecule has 106 valence electrons. The molecule has 1 aromatic heterocycles. The van der Waals surface area contributed by atoms with Crippen LogP contribution in [-0.4, -0.2) is 5.78 Å². The van der Waals surface area contributed by atoms with E-state index in [-0.39, 0.29) is 11.3 Å². The van der Waals surface area contributed by atoms with Crippen LogP contribution in [0.15, 0.2) is 45.3 Å². The molecule has 2 nitrogen and oxygen atoms in total. The van der Waals surface area contributed by atoms with Crippen LogP contribution in [0.1, 0.15) is 27.2 Å². The molecule has 0 saturated carbocycles. The number of ketones is 1. The first-order chi connectivity index (χ1) is 9.97. The number of carbonyl (C=O) groups excluding carboxylic acids is 1. The van der Waals surface area contributed by atoms with Crippen molar-refractivity contribution in [3.63, 3.8) is 0 Å². The van der Waals surface area contributed by atoms with E-state index in [9.17, 15) is 9.18 Å².